The summed E-state index contributed by atoms with van der Waals surface area (Å²) in [5.74, 6) is -0.140. The average molecular weight is 390 g/mol. The van der Waals surface area contributed by atoms with Crippen molar-refractivity contribution in [3.8, 4) is 0 Å². The van der Waals surface area contributed by atoms with Gasteiger partial charge in [-0.3, -0.25) is 18.7 Å². The van der Waals surface area contributed by atoms with Crippen LogP contribution in [0.2, 0.25) is 0 Å². The molecule has 0 radical (unpaired) electrons. The molecule has 0 aromatic carbocycles. The van der Waals surface area contributed by atoms with Gasteiger partial charge >= 0.3 is 5.69 Å². The number of nitrogens with one attached hydrogen (secondary N) is 1. The lowest BCUT2D eigenvalue weighted by Gasteiger charge is -2.20. The summed E-state index contributed by atoms with van der Waals surface area (Å²) in [7, 11) is 2.97. The Kier molecular flexibility index (Phi) is 7.16. The topological polar surface area (TPSA) is 89.2 Å². The first-order valence-electron chi connectivity index (χ1n) is 7.56. The fraction of sp³-hybridized carbons (Fsp3) is 0.467. The number of aryl methyl sites for hydroxylation is 1. The number of halogens is 2. The Labute approximate surface area is 156 Å². The number of pyridine rings is 1. The van der Waals surface area contributed by atoms with E-state index in [-0.39, 0.29) is 41.8 Å². The number of aromatic nitrogens is 3. The van der Waals surface area contributed by atoms with Gasteiger partial charge in [0.1, 0.15) is 5.65 Å². The molecule has 0 aliphatic carbocycles. The molecular formula is C15H21Cl2N5O3. The van der Waals surface area contributed by atoms with Crippen LogP contribution in [-0.2, 0) is 14.1 Å². The molecule has 2 aromatic rings. The van der Waals surface area contributed by atoms with Gasteiger partial charge in [0.05, 0.1) is 10.9 Å². The molecule has 3 heterocycles. The van der Waals surface area contributed by atoms with Crippen LogP contribution in [0.25, 0.3) is 11.0 Å². The monoisotopic (exact) mass is 389 g/mol. The summed E-state index contributed by atoms with van der Waals surface area (Å²) in [5.41, 5.74) is -0.224. The third kappa shape index (κ3) is 3.86. The van der Waals surface area contributed by atoms with Crippen molar-refractivity contribution in [1.29, 1.82) is 0 Å². The number of amides is 1. The molecule has 1 saturated heterocycles. The summed E-state index contributed by atoms with van der Waals surface area (Å²) in [4.78, 5) is 42.7. The van der Waals surface area contributed by atoms with Gasteiger partial charge in [0.2, 0.25) is 0 Å². The highest BCUT2D eigenvalue weighted by molar-refractivity contribution is 5.96. The highest BCUT2D eigenvalue weighted by Crippen LogP contribution is 2.11. The zero-order valence-electron chi connectivity index (χ0n) is 14.0. The van der Waals surface area contributed by atoms with Gasteiger partial charge in [-0.2, -0.15) is 0 Å². The maximum absolute atomic E-state index is 12.6. The van der Waals surface area contributed by atoms with Gasteiger partial charge in [0.25, 0.3) is 11.5 Å². The van der Waals surface area contributed by atoms with Gasteiger partial charge in [0, 0.05) is 39.9 Å². The molecule has 1 amide bonds. The van der Waals surface area contributed by atoms with Crippen LogP contribution in [0.5, 0.6) is 0 Å². The lowest BCUT2D eigenvalue weighted by atomic mass is 10.2. The van der Waals surface area contributed by atoms with E-state index < -0.39 is 11.2 Å². The molecule has 0 bridgehead atoms. The number of rotatable bonds is 1. The highest BCUT2D eigenvalue weighted by Gasteiger charge is 2.19. The quantitative estimate of drug-likeness (QED) is 0.736. The molecule has 1 aliphatic heterocycles. The van der Waals surface area contributed by atoms with Gasteiger partial charge in [-0.25, -0.2) is 9.78 Å². The summed E-state index contributed by atoms with van der Waals surface area (Å²) >= 11 is 0. The number of hydrogen-bond donors (Lipinski definition) is 1. The van der Waals surface area contributed by atoms with Crippen LogP contribution in [0, 0.1) is 0 Å². The normalized spacial score (nSPS) is 14.4. The first-order chi connectivity index (χ1) is 11.0. The van der Waals surface area contributed by atoms with Gasteiger partial charge < -0.3 is 10.2 Å². The molecule has 0 saturated carbocycles. The number of nitrogens with zero attached hydrogens (tertiary/aromatic N) is 4. The molecule has 8 nitrogen and oxygen atoms in total. The molecule has 138 valence electrons. The molecule has 0 spiro atoms. The van der Waals surface area contributed by atoms with E-state index in [2.05, 4.69) is 10.3 Å². The van der Waals surface area contributed by atoms with Crippen LogP contribution < -0.4 is 16.6 Å². The van der Waals surface area contributed by atoms with E-state index in [1.807, 2.05) is 0 Å². The number of hydrogen-bond acceptors (Lipinski definition) is 5. The fourth-order valence-corrected chi connectivity index (χ4v) is 2.81. The Morgan fingerprint density at radius 3 is 2.56 bits per heavy atom. The van der Waals surface area contributed by atoms with Crippen molar-refractivity contribution < 1.29 is 4.79 Å². The summed E-state index contributed by atoms with van der Waals surface area (Å²) in [6.45, 7) is 2.95. The van der Waals surface area contributed by atoms with Gasteiger partial charge in [-0.1, -0.05) is 0 Å². The van der Waals surface area contributed by atoms with E-state index in [9.17, 15) is 14.4 Å². The number of carbonyl (C=O) groups excluding carboxylic acids is 1. The van der Waals surface area contributed by atoms with Gasteiger partial charge in [-0.15, -0.1) is 24.8 Å². The lowest BCUT2D eigenvalue weighted by molar-refractivity contribution is 0.0766. The van der Waals surface area contributed by atoms with Crippen molar-refractivity contribution in [2.45, 2.75) is 6.42 Å². The van der Waals surface area contributed by atoms with Crippen LogP contribution in [-0.4, -0.2) is 51.1 Å². The predicted molar refractivity (Wildman–Crippen MR) is 100 cm³/mol. The number of carbonyl (C=O) groups is 1. The molecule has 2 aromatic heterocycles. The van der Waals surface area contributed by atoms with Crippen LogP contribution in [0.3, 0.4) is 0 Å². The highest BCUT2D eigenvalue weighted by atomic mass is 35.5. The minimum absolute atomic E-state index is 0. The second-order valence-electron chi connectivity index (χ2n) is 5.70. The first-order valence-corrected chi connectivity index (χ1v) is 7.56. The van der Waals surface area contributed by atoms with E-state index >= 15 is 0 Å². The Hall–Kier alpha value is -1.90. The first kappa shape index (κ1) is 21.1. The van der Waals surface area contributed by atoms with E-state index in [0.29, 0.717) is 18.7 Å². The van der Waals surface area contributed by atoms with Crippen LogP contribution in [0.1, 0.15) is 16.8 Å². The smallest absolute Gasteiger partial charge is 0.332 e. The second-order valence-corrected chi connectivity index (χ2v) is 5.70. The molecule has 0 unspecified atom stereocenters. The Balaban J connectivity index is 0.00000156. The molecule has 1 aliphatic rings. The molecule has 3 rings (SSSR count). The largest absolute Gasteiger partial charge is 0.337 e. The average Bonchev–Trinajstić information content (AvgIpc) is 2.86. The van der Waals surface area contributed by atoms with E-state index in [4.69, 9.17) is 0 Å². The Morgan fingerprint density at radius 1 is 1.12 bits per heavy atom. The fourth-order valence-electron chi connectivity index (χ4n) is 2.81. The van der Waals surface area contributed by atoms with Gasteiger partial charge in [0.15, 0.2) is 0 Å². The minimum Gasteiger partial charge on any atom is -0.337 e. The molecular weight excluding hydrogens is 369 g/mol. The molecule has 0 atom stereocenters. The van der Waals surface area contributed by atoms with Crippen LogP contribution in [0.4, 0.5) is 0 Å². The summed E-state index contributed by atoms with van der Waals surface area (Å²) in [6.07, 6.45) is 2.32. The van der Waals surface area contributed by atoms with Crippen LogP contribution in [0.15, 0.2) is 21.9 Å². The third-order valence-corrected chi connectivity index (χ3v) is 4.17. The maximum Gasteiger partial charge on any atom is 0.332 e. The zero-order valence-corrected chi connectivity index (χ0v) is 15.7. The van der Waals surface area contributed by atoms with Gasteiger partial charge in [-0.05, 0) is 19.0 Å². The third-order valence-electron chi connectivity index (χ3n) is 4.17. The molecule has 10 heteroatoms. The van der Waals surface area contributed by atoms with Crippen LogP contribution >= 0.6 is 24.8 Å². The van der Waals surface area contributed by atoms with Crippen molar-refractivity contribution in [2.24, 2.45) is 14.1 Å². The van der Waals surface area contributed by atoms with Crippen molar-refractivity contribution in [3.63, 3.8) is 0 Å². The van der Waals surface area contributed by atoms with E-state index in [0.717, 1.165) is 24.1 Å². The zero-order chi connectivity index (χ0) is 16.6. The molecule has 1 N–H and O–H groups in total. The minimum atomic E-state index is -0.442. The van der Waals surface area contributed by atoms with E-state index in [1.54, 1.807) is 11.9 Å². The maximum atomic E-state index is 12.6. The standard InChI is InChI=1S/C15H19N5O3.2ClH/c1-18-12-11(14(22)19(2)15(18)23)8-10(9-17-12)13(21)20-6-3-4-16-5-7-20;;/h8-9,16H,3-7H2,1-2H3;2*1H. The molecule has 25 heavy (non-hydrogen) atoms. The van der Waals surface area contributed by atoms with Crippen molar-refractivity contribution in [3.05, 3.63) is 38.7 Å². The SMILES string of the molecule is Cl.Cl.Cn1c(=O)c2cc(C(=O)N3CCCNCC3)cnc2n(C)c1=O. The second kappa shape index (κ2) is 8.46. The summed E-state index contributed by atoms with van der Waals surface area (Å²) < 4.78 is 2.33. The van der Waals surface area contributed by atoms with Crippen molar-refractivity contribution in [2.75, 3.05) is 26.2 Å². The Bertz CT molecular complexity index is 885. The molecule has 1 fully saturated rings. The number of fused-ring (bicyclic) bond motifs is 1. The lowest BCUT2D eigenvalue weighted by Crippen LogP contribution is -2.38. The summed E-state index contributed by atoms with van der Waals surface area (Å²) in [6, 6.07) is 1.53. The van der Waals surface area contributed by atoms with Crippen molar-refractivity contribution in [1.82, 2.24) is 24.3 Å². The Morgan fingerprint density at radius 2 is 1.84 bits per heavy atom. The van der Waals surface area contributed by atoms with Crippen molar-refractivity contribution >= 4 is 41.8 Å². The van der Waals surface area contributed by atoms with E-state index in [1.165, 1.54) is 23.9 Å². The summed E-state index contributed by atoms with van der Waals surface area (Å²) in [5, 5.41) is 3.51. The predicted octanol–water partition coefficient (Wildman–Crippen LogP) is -0.0887.